The van der Waals surface area contributed by atoms with Crippen LogP contribution in [0.1, 0.15) is 0 Å². The third kappa shape index (κ3) is 3.77. The van der Waals surface area contributed by atoms with E-state index < -0.39 is 15.7 Å². The van der Waals surface area contributed by atoms with Crippen LogP contribution in [0, 0.1) is 0 Å². The molecule has 9 heteroatoms. The van der Waals surface area contributed by atoms with Crippen LogP contribution < -0.4 is 4.23 Å². The van der Waals surface area contributed by atoms with Gasteiger partial charge < -0.3 is 4.23 Å². The van der Waals surface area contributed by atoms with Crippen LogP contribution in [0.5, 0.6) is 0 Å². The first kappa shape index (κ1) is 20.9. The summed E-state index contributed by atoms with van der Waals surface area (Å²) < 4.78 is 10.7. The highest BCUT2D eigenvalue weighted by molar-refractivity contribution is 7.32. The molecule has 0 amide bonds. The maximum absolute atomic E-state index is 7.30. The molecule has 0 aliphatic carbocycles. The highest BCUT2D eigenvalue weighted by Gasteiger charge is 2.58. The number of hydrogen-bond donors (Lipinski definition) is 0. The quantitative estimate of drug-likeness (QED) is 0.519. The number of hydrogen-bond acceptors (Lipinski definition) is 5. The zero-order valence-electron chi connectivity index (χ0n) is 15.4. The molecule has 132 valence electrons. The maximum Gasteiger partial charge on any atom is 0.417 e. The van der Waals surface area contributed by atoms with Gasteiger partial charge in [0.15, 0.2) is 0 Å². The largest absolute Gasteiger partial charge is 0.417 e. The predicted molar refractivity (Wildman–Crippen MR) is 107 cm³/mol. The van der Waals surface area contributed by atoms with Crippen LogP contribution in [0.2, 0.25) is 0 Å². The van der Waals surface area contributed by atoms with Crippen LogP contribution in [-0.2, 0) is 0 Å². The van der Waals surface area contributed by atoms with Crippen LogP contribution in [0.25, 0.3) is 0 Å². The number of benzene rings is 1. The lowest BCUT2D eigenvalue weighted by atomic mass is 10.3. The van der Waals surface area contributed by atoms with Crippen molar-refractivity contribution in [3.05, 3.63) is 30.3 Å². The minimum absolute atomic E-state index is 1.04. The van der Waals surface area contributed by atoms with Crippen molar-refractivity contribution >= 4 is 43.6 Å². The Morgan fingerprint density at radius 3 is 1.17 bits per heavy atom. The van der Waals surface area contributed by atoms with E-state index >= 15 is 0 Å². The zero-order valence-corrected chi connectivity index (χ0v) is 18.9. The molecule has 23 heavy (non-hydrogen) atoms. The van der Waals surface area contributed by atoms with E-state index in [1.165, 1.54) is 0 Å². The summed E-state index contributed by atoms with van der Waals surface area (Å²) in [4.78, 5) is 0. The van der Waals surface area contributed by atoms with Crippen molar-refractivity contribution in [2.75, 3.05) is 60.6 Å². The fourth-order valence-corrected chi connectivity index (χ4v) is 13.8. The molecule has 0 aromatic heterocycles. The molecule has 0 atom stereocenters. The Morgan fingerprint density at radius 2 is 0.913 bits per heavy atom. The highest BCUT2D eigenvalue weighted by Crippen LogP contribution is 2.36. The molecule has 1 aromatic rings. The van der Waals surface area contributed by atoms with E-state index in [1.807, 2.05) is 74.6 Å². The fraction of sp³-hybridized carbons (Fsp3) is 0.571. The van der Waals surface area contributed by atoms with Crippen molar-refractivity contribution in [1.29, 1.82) is 0 Å². The highest BCUT2D eigenvalue weighted by atomic mass is 35.6. The van der Waals surface area contributed by atoms with Gasteiger partial charge in [0.2, 0.25) is 0 Å². The molecule has 0 fully saturated rings. The normalized spacial score (nSPS) is 13.5. The van der Waals surface area contributed by atoms with Crippen molar-refractivity contribution in [2.45, 2.75) is 0 Å². The number of halogens is 2. The third-order valence-corrected chi connectivity index (χ3v) is 17.9. The van der Waals surface area contributed by atoms with Crippen molar-refractivity contribution < 1.29 is 0 Å². The van der Waals surface area contributed by atoms with Gasteiger partial charge in [-0.2, -0.15) is 0 Å². The lowest BCUT2D eigenvalue weighted by molar-refractivity contribution is 0.475. The average molecular weight is 394 g/mol. The molecule has 0 saturated carbocycles. The Morgan fingerprint density at radius 1 is 0.609 bits per heavy atom. The van der Waals surface area contributed by atoms with Crippen LogP contribution in [0.3, 0.4) is 0 Å². The summed E-state index contributed by atoms with van der Waals surface area (Å²) in [7, 11) is 10.7. The molecule has 5 nitrogen and oxygen atoms in total. The van der Waals surface area contributed by atoms with E-state index in [-0.39, 0.29) is 0 Å². The summed E-state index contributed by atoms with van der Waals surface area (Å²) in [5.41, 5.74) is 1.04. The molecule has 0 aliphatic heterocycles. The lowest BCUT2D eigenvalue weighted by Gasteiger charge is -2.54. The standard InChI is InChI=1S/C14H29Cl2N5Si2/c1-17(2)22(15,18(3)4)21(14-12-10-9-11-13-14)23(16,19(5)6)20(7)8/h9-13H,1-8H3. The molecule has 1 rings (SSSR count). The maximum atomic E-state index is 7.30. The van der Waals surface area contributed by atoms with Crippen LogP contribution >= 0.6 is 22.2 Å². The Kier molecular flexibility index (Phi) is 7.13. The second-order valence-corrected chi connectivity index (χ2v) is 16.5. The molecule has 0 unspecified atom stereocenters. The number of anilines is 1. The molecule has 0 spiro atoms. The average Bonchev–Trinajstić information content (AvgIpc) is 2.47. The van der Waals surface area contributed by atoms with Crippen molar-refractivity contribution in [3.8, 4) is 0 Å². The summed E-state index contributed by atoms with van der Waals surface area (Å²) in [6, 6.07) is 10.2. The number of rotatable bonds is 7. The number of para-hydroxylation sites is 1. The lowest BCUT2D eigenvalue weighted by Crippen LogP contribution is -2.81. The fourth-order valence-electron chi connectivity index (χ4n) is 2.69. The summed E-state index contributed by atoms with van der Waals surface area (Å²) in [6.07, 6.45) is 0. The molecule has 0 saturated heterocycles. The molecular formula is C14H29Cl2N5Si2. The van der Waals surface area contributed by atoms with E-state index in [2.05, 4.69) is 34.6 Å². The Labute approximate surface area is 152 Å². The molecular weight excluding hydrogens is 365 g/mol. The van der Waals surface area contributed by atoms with Crippen molar-refractivity contribution in [3.63, 3.8) is 0 Å². The second kappa shape index (κ2) is 7.84. The van der Waals surface area contributed by atoms with Gasteiger partial charge in [0.25, 0.3) is 0 Å². The van der Waals surface area contributed by atoms with Crippen molar-refractivity contribution in [2.24, 2.45) is 0 Å². The minimum atomic E-state index is -2.72. The van der Waals surface area contributed by atoms with E-state index in [0.29, 0.717) is 0 Å². The van der Waals surface area contributed by atoms with Gasteiger partial charge in [0, 0.05) is 5.69 Å². The van der Waals surface area contributed by atoms with Gasteiger partial charge in [0.05, 0.1) is 0 Å². The summed E-state index contributed by atoms with van der Waals surface area (Å²) in [6.45, 7) is 0. The SMILES string of the molecule is CN(C)[Si](Cl)(N(C)C)N(c1ccccc1)[Si](Cl)(N(C)C)N(C)C. The van der Waals surface area contributed by atoms with E-state index in [4.69, 9.17) is 22.2 Å². The molecule has 0 radical (unpaired) electrons. The van der Waals surface area contributed by atoms with Gasteiger partial charge in [0.1, 0.15) is 0 Å². The zero-order chi connectivity index (χ0) is 18.0. The first-order valence-corrected chi connectivity index (χ1v) is 13.1. The van der Waals surface area contributed by atoms with Gasteiger partial charge in [-0.3, -0.25) is 18.3 Å². The minimum Gasteiger partial charge on any atom is -0.351 e. The summed E-state index contributed by atoms with van der Waals surface area (Å²) >= 11 is 14.6. The topological polar surface area (TPSA) is 16.2 Å². The van der Waals surface area contributed by atoms with Gasteiger partial charge in [-0.1, -0.05) is 18.2 Å². The second-order valence-electron chi connectivity index (χ2n) is 6.36. The predicted octanol–water partition coefficient (Wildman–Crippen LogP) is 2.09. The van der Waals surface area contributed by atoms with E-state index in [9.17, 15) is 0 Å². The molecule has 0 N–H and O–H groups in total. The van der Waals surface area contributed by atoms with E-state index in [0.717, 1.165) is 5.69 Å². The van der Waals surface area contributed by atoms with Crippen LogP contribution in [0.15, 0.2) is 30.3 Å². The van der Waals surface area contributed by atoms with Gasteiger partial charge in [-0.15, -0.1) is 22.2 Å². The molecule has 0 heterocycles. The first-order valence-electron chi connectivity index (χ1n) is 7.43. The first-order chi connectivity index (χ1) is 10.5. The van der Waals surface area contributed by atoms with Gasteiger partial charge >= 0.3 is 15.7 Å². The Balaban J connectivity index is 3.69. The van der Waals surface area contributed by atoms with Crippen molar-refractivity contribution in [1.82, 2.24) is 18.3 Å². The van der Waals surface area contributed by atoms with Crippen LogP contribution in [-0.4, -0.2) is 90.4 Å². The monoisotopic (exact) mass is 393 g/mol. The van der Waals surface area contributed by atoms with E-state index in [1.54, 1.807) is 0 Å². The van der Waals surface area contributed by atoms with Gasteiger partial charge in [-0.05, 0) is 68.5 Å². The third-order valence-electron chi connectivity index (χ3n) is 3.86. The Hall–Kier alpha value is -0.126. The smallest absolute Gasteiger partial charge is 0.351 e. The summed E-state index contributed by atoms with van der Waals surface area (Å²) in [5.74, 6) is 0. The molecule has 0 aliphatic rings. The molecule has 0 bridgehead atoms. The Bertz CT molecular complexity index is 457. The van der Waals surface area contributed by atoms with Crippen LogP contribution in [0.4, 0.5) is 5.69 Å². The van der Waals surface area contributed by atoms with Gasteiger partial charge in [-0.25, -0.2) is 0 Å². The molecule has 1 aromatic carbocycles. The number of nitrogens with zero attached hydrogens (tertiary/aromatic N) is 5. The summed E-state index contributed by atoms with van der Waals surface area (Å²) in [5, 5.41) is 0.